The molecule has 104 valence electrons. The van der Waals surface area contributed by atoms with Crippen LogP contribution in [0.4, 0.5) is 0 Å². The van der Waals surface area contributed by atoms with E-state index in [1.54, 1.807) is 0 Å². The van der Waals surface area contributed by atoms with Crippen molar-refractivity contribution in [2.75, 3.05) is 0 Å². The zero-order chi connectivity index (χ0) is 14.5. The Morgan fingerprint density at radius 2 is 1.30 bits per heavy atom. The van der Waals surface area contributed by atoms with E-state index in [-0.39, 0.29) is 23.0 Å². The van der Waals surface area contributed by atoms with Gasteiger partial charge >= 0.3 is 5.97 Å². The normalized spacial score (nSPS) is 11.7. The summed E-state index contributed by atoms with van der Waals surface area (Å²) in [5.74, 6) is -0.549. The Labute approximate surface area is 114 Å². The number of aromatic hydroxyl groups is 2. The standard InChI is InChI=1S/C14H12O6/c15-9-1-5-11(6-2-9)19-13(17)14(18)20-12-7-3-10(16)4-8-12/h1-8,13,15-17H. The fourth-order valence-electron chi connectivity index (χ4n) is 1.38. The minimum atomic E-state index is -1.80. The molecule has 0 bridgehead atoms. The number of carbonyl (C=O) groups excluding carboxylic acids is 1. The third kappa shape index (κ3) is 3.63. The Morgan fingerprint density at radius 1 is 0.850 bits per heavy atom. The van der Waals surface area contributed by atoms with E-state index in [9.17, 15) is 9.90 Å². The number of rotatable bonds is 4. The molecule has 6 nitrogen and oxygen atoms in total. The Balaban J connectivity index is 1.94. The van der Waals surface area contributed by atoms with Gasteiger partial charge in [-0.2, -0.15) is 0 Å². The van der Waals surface area contributed by atoms with Crippen molar-refractivity contribution in [1.82, 2.24) is 0 Å². The van der Waals surface area contributed by atoms with Gasteiger partial charge in [-0.3, -0.25) is 0 Å². The Bertz CT molecular complexity index is 576. The quantitative estimate of drug-likeness (QED) is 0.444. The highest BCUT2D eigenvalue weighted by molar-refractivity contribution is 5.76. The molecule has 0 aliphatic heterocycles. The smallest absolute Gasteiger partial charge is 0.381 e. The summed E-state index contributed by atoms with van der Waals surface area (Å²) in [4.78, 5) is 11.6. The molecule has 0 aromatic heterocycles. The third-order valence-corrected chi connectivity index (χ3v) is 2.34. The highest BCUT2D eigenvalue weighted by Crippen LogP contribution is 2.19. The summed E-state index contributed by atoms with van der Waals surface area (Å²) in [6.07, 6.45) is -1.80. The number of phenols is 2. The topological polar surface area (TPSA) is 96.2 Å². The van der Waals surface area contributed by atoms with Crippen molar-refractivity contribution in [1.29, 1.82) is 0 Å². The summed E-state index contributed by atoms with van der Waals surface area (Å²) >= 11 is 0. The summed E-state index contributed by atoms with van der Waals surface area (Å²) in [5, 5.41) is 27.7. The Morgan fingerprint density at radius 3 is 1.80 bits per heavy atom. The van der Waals surface area contributed by atoms with Crippen molar-refractivity contribution in [3.8, 4) is 23.0 Å². The fourth-order valence-corrected chi connectivity index (χ4v) is 1.38. The second-order valence-electron chi connectivity index (χ2n) is 3.88. The van der Waals surface area contributed by atoms with Crippen molar-refractivity contribution in [2.24, 2.45) is 0 Å². The highest BCUT2D eigenvalue weighted by Gasteiger charge is 2.19. The number of aliphatic hydroxyl groups excluding tert-OH is 1. The van der Waals surface area contributed by atoms with Crippen LogP contribution < -0.4 is 9.47 Å². The molecule has 2 rings (SSSR count). The lowest BCUT2D eigenvalue weighted by Gasteiger charge is -2.12. The maximum absolute atomic E-state index is 11.6. The first-order valence-electron chi connectivity index (χ1n) is 5.69. The van der Waals surface area contributed by atoms with Crippen LogP contribution in [0.5, 0.6) is 23.0 Å². The van der Waals surface area contributed by atoms with Gasteiger partial charge in [-0.05, 0) is 48.5 Å². The first-order valence-corrected chi connectivity index (χ1v) is 5.69. The van der Waals surface area contributed by atoms with Gasteiger partial charge in [0.15, 0.2) is 0 Å². The molecule has 6 heteroatoms. The molecule has 0 saturated heterocycles. The van der Waals surface area contributed by atoms with E-state index in [2.05, 4.69) is 0 Å². The van der Waals surface area contributed by atoms with Gasteiger partial charge in [0, 0.05) is 0 Å². The van der Waals surface area contributed by atoms with Crippen LogP contribution in [0.25, 0.3) is 0 Å². The van der Waals surface area contributed by atoms with Crippen LogP contribution in [0.1, 0.15) is 0 Å². The lowest BCUT2D eigenvalue weighted by atomic mass is 10.3. The number of aliphatic hydroxyl groups is 1. The van der Waals surface area contributed by atoms with Gasteiger partial charge in [0.2, 0.25) is 0 Å². The van der Waals surface area contributed by atoms with Crippen molar-refractivity contribution in [2.45, 2.75) is 6.29 Å². The minimum Gasteiger partial charge on any atom is -0.508 e. The minimum absolute atomic E-state index is 0.0330. The lowest BCUT2D eigenvalue weighted by Crippen LogP contribution is -2.31. The van der Waals surface area contributed by atoms with Gasteiger partial charge in [0.1, 0.15) is 23.0 Å². The molecular weight excluding hydrogens is 264 g/mol. The average Bonchev–Trinajstić information content (AvgIpc) is 2.44. The van der Waals surface area contributed by atoms with Crippen molar-refractivity contribution in [3.63, 3.8) is 0 Å². The number of esters is 1. The van der Waals surface area contributed by atoms with Crippen LogP contribution in [-0.4, -0.2) is 27.6 Å². The Kier molecular flexibility index (Phi) is 4.07. The first-order chi connectivity index (χ1) is 9.54. The van der Waals surface area contributed by atoms with Crippen LogP contribution in [0.2, 0.25) is 0 Å². The van der Waals surface area contributed by atoms with E-state index in [0.717, 1.165) is 0 Å². The van der Waals surface area contributed by atoms with Gasteiger partial charge in [0.25, 0.3) is 6.29 Å². The molecule has 0 aliphatic rings. The van der Waals surface area contributed by atoms with E-state index in [1.165, 1.54) is 48.5 Å². The van der Waals surface area contributed by atoms with Crippen LogP contribution in [0.3, 0.4) is 0 Å². The van der Waals surface area contributed by atoms with Crippen molar-refractivity contribution < 1.29 is 29.6 Å². The van der Waals surface area contributed by atoms with Crippen LogP contribution in [0.15, 0.2) is 48.5 Å². The molecule has 0 fully saturated rings. The summed E-state index contributed by atoms with van der Waals surface area (Å²) in [6, 6.07) is 10.9. The van der Waals surface area contributed by atoms with Crippen LogP contribution in [0, 0.1) is 0 Å². The number of ether oxygens (including phenoxy) is 2. The second kappa shape index (κ2) is 5.94. The molecule has 2 aromatic rings. The Hall–Kier alpha value is -2.73. The van der Waals surface area contributed by atoms with Gasteiger partial charge in [-0.1, -0.05) is 0 Å². The zero-order valence-corrected chi connectivity index (χ0v) is 10.3. The predicted octanol–water partition coefficient (Wildman–Crippen LogP) is 1.40. The molecular formula is C14H12O6. The molecule has 0 spiro atoms. The second-order valence-corrected chi connectivity index (χ2v) is 3.88. The van der Waals surface area contributed by atoms with Crippen LogP contribution >= 0.6 is 0 Å². The predicted molar refractivity (Wildman–Crippen MR) is 68.5 cm³/mol. The number of benzene rings is 2. The van der Waals surface area contributed by atoms with Gasteiger partial charge in [-0.15, -0.1) is 0 Å². The summed E-state index contributed by atoms with van der Waals surface area (Å²) in [7, 11) is 0. The van der Waals surface area contributed by atoms with Crippen molar-refractivity contribution in [3.05, 3.63) is 48.5 Å². The van der Waals surface area contributed by atoms with Gasteiger partial charge in [-0.25, -0.2) is 4.79 Å². The number of hydrogen-bond donors (Lipinski definition) is 3. The third-order valence-electron chi connectivity index (χ3n) is 2.34. The fraction of sp³-hybridized carbons (Fsp3) is 0.0714. The molecule has 3 N–H and O–H groups in total. The van der Waals surface area contributed by atoms with Crippen LogP contribution in [-0.2, 0) is 4.79 Å². The molecule has 0 aliphatic carbocycles. The molecule has 1 atom stereocenters. The summed E-state index contributed by atoms with van der Waals surface area (Å²) in [5.41, 5.74) is 0. The van der Waals surface area contributed by atoms with E-state index in [0.29, 0.717) is 0 Å². The van der Waals surface area contributed by atoms with Gasteiger partial charge in [0.05, 0.1) is 0 Å². The van der Waals surface area contributed by atoms with Gasteiger partial charge < -0.3 is 24.8 Å². The number of hydrogen-bond acceptors (Lipinski definition) is 6. The average molecular weight is 276 g/mol. The number of carbonyl (C=O) groups is 1. The molecule has 0 saturated carbocycles. The summed E-state index contributed by atoms with van der Waals surface area (Å²) in [6.45, 7) is 0. The molecule has 2 aromatic carbocycles. The molecule has 1 unspecified atom stereocenters. The molecule has 20 heavy (non-hydrogen) atoms. The molecule has 0 heterocycles. The highest BCUT2D eigenvalue weighted by atomic mass is 16.7. The lowest BCUT2D eigenvalue weighted by molar-refractivity contribution is -0.158. The van der Waals surface area contributed by atoms with E-state index < -0.39 is 12.3 Å². The number of phenolic OH excluding ortho intramolecular Hbond substituents is 2. The molecule has 0 amide bonds. The maximum Gasteiger partial charge on any atom is 0.381 e. The first kappa shape index (κ1) is 13.7. The van der Waals surface area contributed by atoms with E-state index in [1.807, 2.05) is 0 Å². The maximum atomic E-state index is 11.6. The monoisotopic (exact) mass is 276 g/mol. The SMILES string of the molecule is O=C(Oc1ccc(O)cc1)C(O)Oc1ccc(O)cc1. The van der Waals surface area contributed by atoms with E-state index >= 15 is 0 Å². The van der Waals surface area contributed by atoms with E-state index in [4.69, 9.17) is 19.7 Å². The zero-order valence-electron chi connectivity index (χ0n) is 10.3. The largest absolute Gasteiger partial charge is 0.508 e. The van der Waals surface area contributed by atoms with Crippen molar-refractivity contribution >= 4 is 5.97 Å². The summed E-state index contributed by atoms with van der Waals surface area (Å²) < 4.78 is 9.80. The molecule has 0 radical (unpaired) electrons.